The van der Waals surface area contributed by atoms with E-state index in [0.717, 1.165) is 0 Å². The lowest BCUT2D eigenvalue weighted by atomic mass is 10.2. The van der Waals surface area contributed by atoms with Gasteiger partial charge in [0, 0.05) is 4.90 Å². The summed E-state index contributed by atoms with van der Waals surface area (Å²) in [5, 5.41) is 2.09. The number of hydrogen-bond acceptors (Lipinski definition) is 1. The van der Waals surface area contributed by atoms with Crippen LogP contribution in [0.4, 0.5) is 0 Å². The first-order valence-electron chi connectivity index (χ1n) is 3.67. The van der Waals surface area contributed by atoms with Crippen molar-refractivity contribution >= 4 is 11.8 Å². The molecule has 0 saturated carbocycles. The van der Waals surface area contributed by atoms with Crippen LogP contribution in [0.1, 0.15) is 12.5 Å². The molecule has 0 atom stereocenters. The number of benzene rings is 1. The normalized spacial score (nSPS) is 10.7. The summed E-state index contributed by atoms with van der Waals surface area (Å²) in [5.74, 6) is 0. The van der Waals surface area contributed by atoms with E-state index in [9.17, 15) is 0 Å². The molecule has 0 aromatic heterocycles. The fraction of sp³-hybridized carbons (Fsp3) is 0.200. The van der Waals surface area contributed by atoms with Crippen LogP contribution in [0.15, 0.2) is 40.6 Å². The van der Waals surface area contributed by atoms with Crippen molar-refractivity contribution in [1.29, 1.82) is 0 Å². The molecule has 1 aromatic carbocycles. The van der Waals surface area contributed by atoms with Crippen LogP contribution in [0.3, 0.4) is 0 Å². The number of rotatable bonds is 2. The molecular formula is C10H12S. The van der Waals surface area contributed by atoms with Gasteiger partial charge in [-0.15, -0.1) is 0 Å². The molecule has 1 rings (SSSR count). The van der Waals surface area contributed by atoms with E-state index in [0.29, 0.717) is 0 Å². The molecule has 1 aromatic rings. The van der Waals surface area contributed by atoms with E-state index in [1.54, 1.807) is 11.8 Å². The summed E-state index contributed by atoms with van der Waals surface area (Å²) in [6, 6.07) is 8.54. The van der Waals surface area contributed by atoms with E-state index >= 15 is 0 Å². The fourth-order valence-corrected chi connectivity index (χ4v) is 1.35. The SMILES string of the molecule is C/C=C/Sc1ccc(C)cc1. The first-order valence-corrected chi connectivity index (χ1v) is 4.55. The van der Waals surface area contributed by atoms with Gasteiger partial charge in [-0.3, -0.25) is 0 Å². The molecule has 0 heterocycles. The Morgan fingerprint density at radius 1 is 1.18 bits per heavy atom. The van der Waals surface area contributed by atoms with Crippen LogP contribution in [0.25, 0.3) is 0 Å². The van der Waals surface area contributed by atoms with Gasteiger partial charge in [0.2, 0.25) is 0 Å². The molecule has 0 nitrogen and oxygen atoms in total. The summed E-state index contributed by atoms with van der Waals surface area (Å²) in [4.78, 5) is 1.30. The first-order chi connectivity index (χ1) is 5.33. The summed E-state index contributed by atoms with van der Waals surface area (Å²) >= 11 is 1.75. The Balaban J connectivity index is 2.66. The van der Waals surface area contributed by atoms with Gasteiger partial charge in [-0.25, -0.2) is 0 Å². The van der Waals surface area contributed by atoms with Crippen LogP contribution < -0.4 is 0 Å². The van der Waals surface area contributed by atoms with E-state index in [1.807, 2.05) is 13.0 Å². The fourth-order valence-electron chi connectivity index (χ4n) is 0.763. The van der Waals surface area contributed by atoms with Crippen molar-refractivity contribution in [3.8, 4) is 0 Å². The molecule has 0 bridgehead atoms. The van der Waals surface area contributed by atoms with E-state index < -0.39 is 0 Å². The zero-order valence-corrected chi connectivity index (χ0v) is 7.69. The number of thioether (sulfide) groups is 1. The van der Waals surface area contributed by atoms with Gasteiger partial charge in [0.05, 0.1) is 0 Å². The van der Waals surface area contributed by atoms with Crippen molar-refractivity contribution in [2.24, 2.45) is 0 Å². The molecule has 1 heteroatoms. The highest BCUT2D eigenvalue weighted by Crippen LogP contribution is 2.18. The van der Waals surface area contributed by atoms with Gasteiger partial charge in [-0.05, 0) is 31.4 Å². The standard InChI is InChI=1S/C10H12S/c1-3-8-11-10-6-4-9(2)5-7-10/h3-8H,1-2H3/b8-3+. The van der Waals surface area contributed by atoms with Gasteiger partial charge in [-0.1, -0.05) is 35.5 Å². The predicted molar refractivity (Wildman–Crippen MR) is 51.9 cm³/mol. The van der Waals surface area contributed by atoms with Crippen molar-refractivity contribution in [1.82, 2.24) is 0 Å². The third-order valence-electron chi connectivity index (χ3n) is 1.36. The topological polar surface area (TPSA) is 0 Å². The Bertz CT molecular complexity index is 234. The second-order valence-corrected chi connectivity index (χ2v) is 3.38. The van der Waals surface area contributed by atoms with E-state index in [4.69, 9.17) is 0 Å². The van der Waals surface area contributed by atoms with Crippen LogP contribution >= 0.6 is 11.8 Å². The van der Waals surface area contributed by atoms with E-state index in [-0.39, 0.29) is 0 Å². The Kier molecular flexibility index (Phi) is 3.24. The minimum absolute atomic E-state index is 1.30. The smallest absolute Gasteiger partial charge is 0.0116 e. The molecule has 0 N–H and O–H groups in total. The van der Waals surface area contributed by atoms with Crippen LogP contribution in [0, 0.1) is 6.92 Å². The summed E-state index contributed by atoms with van der Waals surface area (Å²) in [6.45, 7) is 4.13. The highest BCUT2D eigenvalue weighted by Gasteiger charge is 1.87. The Morgan fingerprint density at radius 2 is 1.82 bits per heavy atom. The molecule has 11 heavy (non-hydrogen) atoms. The van der Waals surface area contributed by atoms with Gasteiger partial charge >= 0.3 is 0 Å². The predicted octanol–water partition coefficient (Wildman–Crippen LogP) is 3.62. The third kappa shape index (κ3) is 2.81. The molecule has 0 aliphatic rings. The lowest BCUT2D eigenvalue weighted by molar-refractivity contribution is 1.38. The molecule has 0 saturated heterocycles. The second-order valence-electron chi connectivity index (χ2n) is 2.40. The maximum atomic E-state index is 2.14. The molecule has 0 radical (unpaired) electrons. The Hall–Kier alpha value is -0.690. The van der Waals surface area contributed by atoms with Crippen molar-refractivity contribution in [3.05, 3.63) is 41.3 Å². The Morgan fingerprint density at radius 3 is 2.36 bits per heavy atom. The summed E-state index contributed by atoms with van der Waals surface area (Å²) in [5.41, 5.74) is 1.31. The minimum atomic E-state index is 1.30. The maximum Gasteiger partial charge on any atom is 0.0116 e. The van der Waals surface area contributed by atoms with Gasteiger partial charge in [0.1, 0.15) is 0 Å². The molecule has 0 fully saturated rings. The zero-order valence-electron chi connectivity index (χ0n) is 6.87. The van der Waals surface area contributed by atoms with Crippen LogP contribution in [-0.2, 0) is 0 Å². The van der Waals surface area contributed by atoms with Gasteiger partial charge in [0.25, 0.3) is 0 Å². The quantitative estimate of drug-likeness (QED) is 0.601. The molecule has 0 aliphatic heterocycles. The number of allylic oxidation sites excluding steroid dienone is 1. The number of aryl methyl sites for hydroxylation is 1. The van der Waals surface area contributed by atoms with Crippen molar-refractivity contribution in [2.45, 2.75) is 18.7 Å². The lowest BCUT2D eigenvalue weighted by Gasteiger charge is -1.95. The van der Waals surface area contributed by atoms with Crippen LogP contribution in [-0.4, -0.2) is 0 Å². The molecule has 0 aliphatic carbocycles. The average Bonchev–Trinajstić information content (AvgIpc) is 2.04. The van der Waals surface area contributed by atoms with Crippen molar-refractivity contribution in [2.75, 3.05) is 0 Å². The lowest BCUT2D eigenvalue weighted by Crippen LogP contribution is -1.70. The minimum Gasteiger partial charge on any atom is -0.0984 e. The summed E-state index contributed by atoms with van der Waals surface area (Å²) in [6.07, 6.45) is 2.05. The molecule has 0 spiro atoms. The monoisotopic (exact) mass is 164 g/mol. The number of hydrogen-bond donors (Lipinski definition) is 0. The summed E-state index contributed by atoms with van der Waals surface area (Å²) < 4.78 is 0. The van der Waals surface area contributed by atoms with Gasteiger partial charge in [0.15, 0.2) is 0 Å². The molecule has 0 amide bonds. The highest BCUT2D eigenvalue weighted by molar-refractivity contribution is 8.02. The molecular weight excluding hydrogens is 152 g/mol. The van der Waals surface area contributed by atoms with Gasteiger partial charge < -0.3 is 0 Å². The molecule has 58 valence electrons. The Labute approximate surface area is 72.3 Å². The average molecular weight is 164 g/mol. The first kappa shape index (κ1) is 8.41. The second kappa shape index (κ2) is 4.24. The van der Waals surface area contributed by atoms with E-state index in [2.05, 4.69) is 36.6 Å². The van der Waals surface area contributed by atoms with E-state index in [1.165, 1.54) is 10.5 Å². The molecule has 0 unspecified atom stereocenters. The maximum absolute atomic E-state index is 2.14. The summed E-state index contributed by atoms with van der Waals surface area (Å²) in [7, 11) is 0. The van der Waals surface area contributed by atoms with Crippen molar-refractivity contribution in [3.63, 3.8) is 0 Å². The largest absolute Gasteiger partial charge is 0.0984 e. The van der Waals surface area contributed by atoms with Crippen molar-refractivity contribution < 1.29 is 0 Å². The van der Waals surface area contributed by atoms with Crippen LogP contribution in [0.5, 0.6) is 0 Å². The third-order valence-corrected chi connectivity index (χ3v) is 2.31. The van der Waals surface area contributed by atoms with Gasteiger partial charge in [-0.2, -0.15) is 0 Å². The van der Waals surface area contributed by atoms with Crippen LogP contribution in [0.2, 0.25) is 0 Å². The zero-order chi connectivity index (χ0) is 8.10. The highest BCUT2D eigenvalue weighted by atomic mass is 32.2.